The monoisotopic (exact) mass is 767 g/mol. The van der Waals surface area contributed by atoms with E-state index in [1.54, 1.807) is 0 Å². The van der Waals surface area contributed by atoms with Crippen molar-refractivity contribution in [2.45, 2.75) is 34.6 Å². The fourth-order valence-electron chi connectivity index (χ4n) is 7.86. The largest absolute Gasteiger partial charge is 0.505 e. The van der Waals surface area contributed by atoms with Gasteiger partial charge in [0, 0.05) is 5.02 Å². The number of urea groups is 1. The van der Waals surface area contributed by atoms with Crippen molar-refractivity contribution in [2.75, 3.05) is 24.7 Å². The summed E-state index contributed by atoms with van der Waals surface area (Å²) in [7, 11) is -0.455. The molecule has 0 aromatic heterocycles. The fourth-order valence-corrected chi connectivity index (χ4v) is 9.40. The van der Waals surface area contributed by atoms with E-state index < -0.39 is 126 Å². The zero-order chi connectivity index (χ0) is 39.2. The molecule has 0 spiro atoms. The molecule has 0 bridgehead atoms. The second-order valence-electron chi connectivity index (χ2n) is 12.8. The van der Waals surface area contributed by atoms with Crippen molar-refractivity contribution in [1.82, 2.24) is 4.90 Å². The summed E-state index contributed by atoms with van der Waals surface area (Å²) in [6.45, 7) is 0. The lowest BCUT2D eigenvalue weighted by molar-refractivity contribution is -0.166. The number of alkyl halides is 3. The van der Waals surface area contributed by atoms with Crippen LogP contribution < -0.4 is 38.7 Å². The second-order valence-corrected chi connectivity index (χ2v) is 14.4. The van der Waals surface area contributed by atoms with Gasteiger partial charge in [0.15, 0.2) is 34.5 Å². The molecular formula is C30H29ClF3N9O8S. The Morgan fingerprint density at radius 3 is 2.15 bits per heavy atom. The smallest absolute Gasteiger partial charge is 0.418 e. The number of phenolic OH excluding ortho intramolecular Hbond substituents is 1. The molecule has 276 valence electrons. The minimum atomic E-state index is -4.95. The number of nitrogens with one attached hydrogen (secondary N) is 2. The van der Waals surface area contributed by atoms with Crippen LogP contribution in [0.25, 0.3) is 0 Å². The lowest BCUT2D eigenvalue weighted by Crippen LogP contribution is -2.93. The maximum atomic E-state index is 14.7. The number of nitriles is 1. The number of carbonyl (C=O) groups excluding carboxylic acids is 6. The molecule has 3 amide bonds. The average Bonchev–Trinajstić information content (AvgIpc) is 3.00. The molecule has 2 aromatic rings. The minimum absolute atomic E-state index is 0.289. The van der Waals surface area contributed by atoms with Crippen LogP contribution in [0.4, 0.5) is 29.3 Å². The molecule has 0 radical (unpaired) electrons. The molecule has 2 fully saturated rings. The van der Waals surface area contributed by atoms with Gasteiger partial charge >= 0.3 is 12.2 Å². The summed E-state index contributed by atoms with van der Waals surface area (Å²) in [5.74, 6) is -13.6. The highest BCUT2D eigenvalue weighted by Crippen LogP contribution is 2.59. The summed E-state index contributed by atoms with van der Waals surface area (Å²) in [5, 5.41) is 29.4. The van der Waals surface area contributed by atoms with Crippen LogP contribution in [-0.2, 0) is 36.3 Å². The minimum Gasteiger partial charge on any atom is -0.505 e. The number of ketones is 4. The van der Waals surface area contributed by atoms with Crippen LogP contribution in [0.2, 0.25) is 5.02 Å². The summed E-state index contributed by atoms with van der Waals surface area (Å²) >= 11 is 5.68. The number of aromatic hydroxyl groups is 1. The first-order valence-corrected chi connectivity index (χ1v) is 16.4. The summed E-state index contributed by atoms with van der Waals surface area (Å²) in [6, 6.07) is 0.807. The van der Waals surface area contributed by atoms with Gasteiger partial charge in [0.2, 0.25) is 5.91 Å². The predicted octanol–water partition coefficient (Wildman–Crippen LogP) is -0.817. The Kier molecular flexibility index (Phi) is 9.16. The number of amides is 3. The molecule has 9 atom stereocenters. The molecule has 3 aliphatic rings. The van der Waals surface area contributed by atoms with Crippen LogP contribution in [0.15, 0.2) is 30.3 Å². The summed E-state index contributed by atoms with van der Waals surface area (Å²) < 4.78 is 54.3. The first-order chi connectivity index (χ1) is 24.0. The van der Waals surface area contributed by atoms with Gasteiger partial charge in [-0.25, -0.2) is 9.00 Å². The number of carbonyl (C=O) groups is 6. The first-order valence-electron chi connectivity index (χ1n) is 14.8. The molecule has 17 nitrogen and oxygen atoms in total. The number of likely N-dealkylation sites (N-methyl/N-ethyl adjacent to an activating group) is 1. The highest BCUT2D eigenvalue weighted by molar-refractivity contribution is 7.83. The number of hydrogen-bond donors (Lipinski definition) is 8. The lowest BCUT2D eigenvalue weighted by atomic mass is 9.42. The quantitative estimate of drug-likeness (QED) is 0.136. The van der Waals surface area contributed by atoms with Crippen molar-refractivity contribution in [3.05, 3.63) is 52.0 Å². The number of nitrogens with zero attached hydrogens (tertiary/aromatic N) is 2. The van der Waals surface area contributed by atoms with Gasteiger partial charge in [0.05, 0.1) is 68.0 Å². The molecule has 2 saturated carbocycles. The number of phenols is 1. The molecule has 52 heavy (non-hydrogen) atoms. The average molecular weight is 768 g/mol. The molecule has 2 aromatic carbocycles. The Balaban J connectivity index is 1.68. The SMILES string of the molecule is CN(C)[C@@H]1C(=O)C(C(N)=O)C(=O)[C@@]2(C#N)C(=O)C3C(=O)c4c(ccc(NC(=O)Nc5ccc(Cl)cc5C(F)(F)F)c4O)[C@H](N)[C@@]3(N)[C@H](S(N)=O)[C@@]12N. The maximum Gasteiger partial charge on any atom is 0.418 e. The summed E-state index contributed by atoms with van der Waals surface area (Å²) in [6.07, 6.45) is -4.95. The van der Waals surface area contributed by atoms with Gasteiger partial charge in [-0.2, -0.15) is 18.4 Å². The molecule has 0 saturated heterocycles. The highest BCUT2D eigenvalue weighted by Gasteiger charge is 2.84. The van der Waals surface area contributed by atoms with E-state index in [1.165, 1.54) is 20.2 Å². The Morgan fingerprint density at radius 2 is 1.63 bits per heavy atom. The number of Topliss-reactive ketones (excluding diaryl/α,β-unsaturated/α-hetero) is 4. The van der Waals surface area contributed by atoms with Crippen molar-refractivity contribution >= 4 is 69.0 Å². The molecular weight excluding hydrogens is 739 g/mol. The van der Waals surface area contributed by atoms with E-state index >= 15 is 0 Å². The van der Waals surface area contributed by atoms with Crippen molar-refractivity contribution in [3.8, 4) is 11.8 Å². The van der Waals surface area contributed by atoms with Crippen molar-refractivity contribution < 1.29 is 51.3 Å². The van der Waals surface area contributed by atoms with E-state index in [1.807, 2.05) is 5.32 Å². The molecule has 22 heteroatoms. The number of nitrogens with two attached hydrogens (primary N) is 5. The Bertz CT molecular complexity index is 2080. The predicted molar refractivity (Wildman–Crippen MR) is 175 cm³/mol. The first kappa shape index (κ1) is 38.4. The third-order valence-electron chi connectivity index (χ3n) is 9.88. The van der Waals surface area contributed by atoms with Crippen LogP contribution >= 0.6 is 11.6 Å². The van der Waals surface area contributed by atoms with Crippen molar-refractivity contribution in [1.29, 1.82) is 5.26 Å². The zero-order valence-corrected chi connectivity index (χ0v) is 28.4. The van der Waals surface area contributed by atoms with E-state index in [4.69, 9.17) is 39.7 Å². The standard InChI is InChI=1S/C30H29ClF3N9O8S/c1-43(2)21-19(46)15(24(37)49)22(47)27(8-35)23(48)16-18(45)14-10(20(36)28(16,38)25(52(40)51)29(21,27)39)4-6-13(17(14)44)42-26(50)41-12-5-3-9(31)7-11(12)30(32,33)34/h3-7,15-16,20-21,25,44H,36,38-40H2,1-2H3,(H2,37,49)(H2,41,42,50)/t15?,16?,20-,21+,25-,27-,28+,29-,52?/m0/s1. The number of anilines is 2. The van der Waals surface area contributed by atoms with Crippen molar-refractivity contribution in [3.63, 3.8) is 0 Å². The van der Waals surface area contributed by atoms with Crippen LogP contribution in [0.5, 0.6) is 5.75 Å². The van der Waals surface area contributed by atoms with Gasteiger partial charge in [0.1, 0.15) is 11.7 Å². The third kappa shape index (κ3) is 4.97. The zero-order valence-electron chi connectivity index (χ0n) is 26.8. The van der Waals surface area contributed by atoms with E-state index in [0.717, 1.165) is 29.2 Å². The fraction of sp³-hybridized carbons (Fsp3) is 0.367. The van der Waals surface area contributed by atoms with Gasteiger partial charge in [-0.1, -0.05) is 17.7 Å². The second kappa shape index (κ2) is 12.4. The molecule has 3 aliphatic carbocycles. The number of fused-ring (bicyclic) bond motifs is 3. The lowest BCUT2D eigenvalue weighted by Gasteiger charge is -2.64. The number of halogens is 4. The van der Waals surface area contributed by atoms with Crippen LogP contribution in [0.1, 0.15) is 27.5 Å². The number of hydrogen-bond acceptors (Lipinski definition) is 13. The van der Waals surface area contributed by atoms with Gasteiger partial charge in [-0.15, -0.1) is 0 Å². The van der Waals surface area contributed by atoms with Gasteiger partial charge in [-0.05, 0) is 43.9 Å². The van der Waals surface area contributed by atoms with E-state index in [0.29, 0.717) is 6.07 Å². The Labute approximate surface area is 298 Å². The number of benzene rings is 2. The van der Waals surface area contributed by atoms with Gasteiger partial charge < -0.3 is 38.7 Å². The number of primary amides is 1. The number of rotatable bonds is 5. The topological polar surface area (TPSA) is 321 Å². The van der Waals surface area contributed by atoms with Crippen LogP contribution in [0.3, 0.4) is 0 Å². The molecule has 0 heterocycles. The Hall–Kier alpha value is -4.82. The highest BCUT2D eigenvalue weighted by atomic mass is 35.5. The summed E-state index contributed by atoms with van der Waals surface area (Å²) in [5.41, 5.74) is 12.8. The molecule has 13 N–H and O–H groups in total. The molecule has 5 rings (SSSR count). The van der Waals surface area contributed by atoms with Crippen LogP contribution in [-0.4, -0.2) is 85.8 Å². The van der Waals surface area contributed by atoms with Gasteiger partial charge in [0.25, 0.3) is 0 Å². The molecule has 0 aliphatic heterocycles. The van der Waals surface area contributed by atoms with E-state index in [2.05, 4.69) is 5.32 Å². The van der Waals surface area contributed by atoms with Crippen molar-refractivity contribution in [2.24, 2.45) is 45.3 Å². The van der Waals surface area contributed by atoms with Gasteiger partial charge in [-0.3, -0.25) is 34.0 Å². The molecule has 3 unspecified atom stereocenters. The summed E-state index contributed by atoms with van der Waals surface area (Å²) in [4.78, 5) is 83.2. The van der Waals surface area contributed by atoms with E-state index in [9.17, 15) is 56.5 Å². The third-order valence-corrected chi connectivity index (χ3v) is 11.4. The van der Waals surface area contributed by atoms with Crippen LogP contribution in [0, 0.1) is 28.6 Å². The Morgan fingerprint density at radius 1 is 1.06 bits per heavy atom. The normalized spacial score (nSPS) is 31.9. The van der Waals surface area contributed by atoms with E-state index in [-0.39, 0.29) is 10.6 Å². The maximum absolute atomic E-state index is 14.7.